The molecular weight excluding hydrogens is 248 g/mol. The Kier molecular flexibility index (Phi) is 5.13. The van der Waals surface area contributed by atoms with E-state index in [1.807, 2.05) is 24.3 Å². The van der Waals surface area contributed by atoms with E-state index < -0.39 is 0 Å². The van der Waals surface area contributed by atoms with Crippen molar-refractivity contribution in [3.8, 4) is 11.6 Å². The number of nitrogens with zero attached hydrogens (tertiary/aromatic N) is 1. The first kappa shape index (κ1) is 14.5. The second-order valence-electron chi connectivity index (χ2n) is 5.07. The maximum atomic E-state index is 5.89. The van der Waals surface area contributed by atoms with Gasteiger partial charge in [-0.05, 0) is 36.2 Å². The van der Waals surface area contributed by atoms with Crippen molar-refractivity contribution in [3.05, 3.63) is 53.7 Å². The molecule has 1 heterocycles. The van der Waals surface area contributed by atoms with Crippen molar-refractivity contribution in [2.75, 3.05) is 6.54 Å². The Hall–Kier alpha value is -1.87. The van der Waals surface area contributed by atoms with E-state index in [-0.39, 0.29) is 0 Å². The average molecular weight is 270 g/mol. The van der Waals surface area contributed by atoms with E-state index in [2.05, 4.69) is 43.2 Å². The minimum atomic E-state index is 0.531. The Bertz CT molecular complexity index is 535. The van der Waals surface area contributed by atoms with E-state index in [0.29, 0.717) is 11.8 Å². The van der Waals surface area contributed by atoms with Gasteiger partial charge in [0.25, 0.3) is 0 Å². The minimum absolute atomic E-state index is 0.531. The molecule has 0 aliphatic heterocycles. The first-order valence-electron chi connectivity index (χ1n) is 7.13. The van der Waals surface area contributed by atoms with E-state index in [1.165, 1.54) is 5.56 Å². The summed E-state index contributed by atoms with van der Waals surface area (Å²) >= 11 is 0. The second-order valence-corrected chi connectivity index (χ2v) is 5.07. The summed E-state index contributed by atoms with van der Waals surface area (Å²) in [5.41, 5.74) is 2.38. The van der Waals surface area contributed by atoms with Gasteiger partial charge in [0, 0.05) is 18.3 Å². The van der Waals surface area contributed by atoms with Gasteiger partial charge in [-0.3, -0.25) is 0 Å². The van der Waals surface area contributed by atoms with Crippen molar-refractivity contribution in [2.24, 2.45) is 0 Å². The van der Waals surface area contributed by atoms with Crippen molar-refractivity contribution in [2.45, 2.75) is 33.2 Å². The molecule has 0 bridgehead atoms. The number of hydrogen-bond donors (Lipinski definition) is 1. The van der Waals surface area contributed by atoms with E-state index in [1.54, 1.807) is 6.20 Å². The normalized spacial score (nSPS) is 10.8. The lowest BCUT2D eigenvalue weighted by Gasteiger charge is -2.11. The number of nitrogens with one attached hydrogen (secondary N) is 1. The fraction of sp³-hybridized carbons (Fsp3) is 0.353. The molecule has 1 N–H and O–H groups in total. The Labute approximate surface area is 121 Å². The standard InChI is InChI=1S/C17H22N2O/c1-4-18-12-15-6-5-11-19-17(15)20-16-9-7-14(8-10-16)13(2)3/h5-11,13,18H,4,12H2,1-3H3. The molecule has 2 aromatic rings. The molecule has 1 aromatic heterocycles. The van der Waals surface area contributed by atoms with Crippen LogP contribution < -0.4 is 10.1 Å². The third-order valence-corrected chi connectivity index (χ3v) is 3.18. The zero-order chi connectivity index (χ0) is 14.4. The average Bonchev–Trinajstić information content (AvgIpc) is 2.47. The topological polar surface area (TPSA) is 34.2 Å². The highest BCUT2D eigenvalue weighted by atomic mass is 16.5. The third kappa shape index (κ3) is 3.81. The number of rotatable bonds is 6. The molecule has 0 aliphatic rings. The van der Waals surface area contributed by atoms with Crippen LogP contribution in [0.4, 0.5) is 0 Å². The molecule has 0 unspecified atom stereocenters. The molecule has 2 rings (SSSR count). The summed E-state index contributed by atoms with van der Waals surface area (Å²) in [5, 5.41) is 3.29. The highest BCUT2D eigenvalue weighted by molar-refractivity contribution is 5.34. The van der Waals surface area contributed by atoms with Crippen molar-refractivity contribution in [1.82, 2.24) is 10.3 Å². The first-order chi connectivity index (χ1) is 9.70. The highest BCUT2D eigenvalue weighted by Gasteiger charge is 2.06. The lowest BCUT2D eigenvalue weighted by molar-refractivity contribution is 0.453. The molecule has 0 aliphatic carbocycles. The summed E-state index contributed by atoms with van der Waals surface area (Å²) in [5.74, 6) is 2.03. The molecule has 3 heteroatoms. The lowest BCUT2D eigenvalue weighted by Crippen LogP contribution is -2.12. The Morgan fingerprint density at radius 1 is 1.15 bits per heavy atom. The lowest BCUT2D eigenvalue weighted by atomic mass is 10.0. The third-order valence-electron chi connectivity index (χ3n) is 3.18. The van der Waals surface area contributed by atoms with Crippen molar-refractivity contribution < 1.29 is 4.74 Å². The van der Waals surface area contributed by atoms with Crippen molar-refractivity contribution >= 4 is 0 Å². The van der Waals surface area contributed by atoms with Crippen LogP contribution in [-0.2, 0) is 6.54 Å². The molecule has 0 fully saturated rings. The fourth-order valence-electron chi connectivity index (χ4n) is 1.94. The largest absolute Gasteiger partial charge is 0.439 e. The number of benzene rings is 1. The van der Waals surface area contributed by atoms with Gasteiger partial charge in [0.1, 0.15) is 5.75 Å². The van der Waals surface area contributed by atoms with Crippen LogP contribution in [0.5, 0.6) is 11.6 Å². The van der Waals surface area contributed by atoms with Crippen LogP contribution in [0.25, 0.3) is 0 Å². The van der Waals surface area contributed by atoms with Gasteiger partial charge in [-0.1, -0.05) is 39.0 Å². The van der Waals surface area contributed by atoms with E-state index in [9.17, 15) is 0 Å². The van der Waals surface area contributed by atoms with Gasteiger partial charge < -0.3 is 10.1 Å². The van der Waals surface area contributed by atoms with Gasteiger partial charge in [-0.2, -0.15) is 0 Å². The van der Waals surface area contributed by atoms with Gasteiger partial charge in [-0.15, -0.1) is 0 Å². The van der Waals surface area contributed by atoms with Crippen molar-refractivity contribution in [1.29, 1.82) is 0 Å². The monoisotopic (exact) mass is 270 g/mol. The summed E-state index contributed by atoms with van der Waals surface area (Å²) in [4.78, 5) is 4.32. The van der Waals surface area contributed by atoms with E-state index >= 15 is 0 Å². The maximum Gasteiger partial charge on any atom is 0.223 e. The van der Waals surface area contributed by atoms with Crippen molar-refractivity contribution in [3.63, 3.8) is 0 Å². The molecule has 0 amide bonds. The van der Waals surface area contributed by atoms with Crippen LogP contribution in [0.1, 0.15) is 37.8 Å². The molecule has 0 saturated carbocycles. The van der Waals surface area contributed by atoms with Crippen LogP contribution in [0.2, 0.25) is 0 Å². The molecule has 0 spiro atoms. The summed E-state index contributed by atoms with van der Waals surface area (Å²) in [6.07, 6.45) is 1.76. The second kappa shape index (κ2) is 7.06. The highest BCUT2D eigenvalue weighted by Crippen LogP contribution is 2.24. The first-order valence-corrected chi connectivity index (χ1v) is 7.13. The summed E-state index contributed by atoms with van der Waals surface area (Å²) in [6.45, 7) is 8.15. The van der Waals surface area contributed by atoms with E-state index in [0.717, 1.165) is 24.4 Å². The smallest absolute Gasteiger partial charge is 0.223 e. The molecule has 106 valence electrons. The molecule has 3 nitrogen and oxygen atoms in total. The zero-order valence-electron chi connectivity index (χ0n) is 12.4. The zero-order valence-corrected chi connectivity index (χ0v) is 12.4. The van der Waals surface area contributed by atoms with Crippen LogP contribution in [0.15, 0.2) is 42.6 Å². The number of hydrogen-bond acceptors (Lipinski definition) is 3. The van der Waals surface area contributed by atoms with Crippen LogP contribution >= 0.6 is 0 Å². The quantitative estimate of drug-likeness (QED) is 0.857. The van der Waals surface area contributed by atoms with Crippen LogP contribution in [0, 0.1) is 0 Å². The molecule has 20 heavy (non-hydrogen) atoms. The number of ether oxygens (including phenoxy) is 1. The Balaban J connectivity index is 2.13. The van der Waals surface area contributed by atoms with Gasteiger partial charge in [0.15, 0.2) is 0 Å². The SMILES string of the molecule is CCNCc1cccnc1Oc1ccc(C(C)C)cc1. The van der Waals surface area contributed by atoms with Gasteiger partial charge in [0.05, 0.1) is 0 Å². The maximum absolute atomic E-state index is 5.89. The summed E-state index contributed by atoms with van der Waals surface area (Å²) in [7, 11) is 0. The Morgan fingerprint density at radius 3 is 2.55 bits per heavy atom. The molecule has 1 aromatic carbocycles. The van der Waals surface area contributed by atoms with Gasteiger partial charge >= 0.3 is 0 Å². The minimum Gasteiger partial charge on any atom is -0.439 e. The molecule has 0 radical (unpaired) electrons. The van der Waals surface area contributed by atoms with Crippen LogP contribution in [-0.4, -0.2) is 11.5 Å². The predicted molar refractivity (Wildman–Crippen MR) is 82.2 cm³/mol. The summed E-state index contributed by atoms with van der Waals surface area (Å²) in [6, 6.07) is 12.2. The fourth-order valence-corrected chi connectivity index (χ4v) is 1.94. The molecule has 0 saturated heterocycles. The van der Waals surface area contributed by atoms with Gasteiger partial charge in [-0.25, -0.2) is 4.98 Å². The summed E-state index contributed by atoms with van der Waals surface area (Å²) < 4.78 is 5.89. The number of pyridine rings is 1. The van der Waals surface area contributed by atoms with Crippen LogP contribution in [0.3, 0.4) is 0 Å². The Morgan fingerprint density at radius 2 is 1.90 bits per heavy atom. The predicted octanol–water partition coefficient (Wildman–Crippen LogP) is 4.11. The molecule has 0 atom stereocenters. The number of aromatic nitrogens is 1. The molecular formula is C17H22N2O. The van der Waals surface area contributed by atoms with E-state index in [4.69, 9.17) is 4.74 Å². The van der Waals surface area contributed by atoms with Gasteiger partial charge in [0.2, 0.25) is 5.88 Å².